The van der Waals surface area contributed by atoms with Crippen molar-refractivity contribution in [2.45, 2.75) is 6.04 Å². The van der Waals surface area contributed by atoms with Gasteiger partial charge in [0.05, 0.1) is 25.6 Å². The Morgan fingerprint density at radius 3 is 2.17 bits per heavy atom. The number of nitrogens with zero attached hydrogens (tertiary/aromatic N) is 3. The highest BCUT2D eigenvalue weighted by molar-refractivity contribution is 9.10. The van der Waals surface area contributed by atoms with Crippen molar-refractivity contribution in [2.75, 3.05) is 24.1 Å². The summed E-state index contributed by atoms with van der Waals surface area (Å²) in [4.78, 5) is 39.8. The van der Waals surface area contributed by atoms with Gasteiger partial charge in [0.2, 0.25) is 5.91 Å². The highest BCUT2D eigenvalue weighted by Crippen LogP contribution is 2.38. The molecule has 0 bridgehead atoms. The summed E-state index contributed by atoms with van der Waals surface area (Å²) < 4.78 is 10.8. The lowest BCUT2D eigenvalue weighted by molar-refractivity contribution is -0.133. The normalized spacial score (nSPS) is 20.6. The van der Waals surface area contributed by atoms with Crippen LogP contribution in [0.15, 0.2) is 58.1 Å². The minimum absolute atomic E-state index is 0.0914. The monoisotopic (exact) mass is 457 g/mol. The van der Waals surface area contributed by atoms with E-state index in [1.165, 1.54) is 12.1 Å². The minimum Gasteiger partial charge on any atom is -0.497 e. The van der Waals surface area contributed by atoms with Gasteiger partial charge in [0.25, 0.3) is 5.91 Å². The summed E-state index contributed by atoms with van der Waals surface area (Å²) in [6, 6.07) is 12.7. The molecule has 0 aromatic heterocycles. The Morgan fingerprint density at radius 2 is 1.59 bits per heavy atom. The molecule has 2 aromatic carbocycles. The lowest BCUT2D eigenvalue weighted by Crippen LogP contribution is -2.39. The first-order valence-electron chi connectivity index (χ1n) is 8.69. The largest absolute Gasteiger partial charge is 0.497 e. The third-order valence-corrected chi connectivity index (χ3v) is 5.39. The van der Waals surface area contributed by atoms with Crippen LogP contribution in [0.5, 0.6) is 5.75 Å². The molecule has 0 saturated carbocycles. The first-order chi connectivity index (χ1) is 14.0. The van der Waals surface area contributed by atoms with Gasteiger partial charge >= 0.3 is 5.97 Å². The lowest BCUT2D eigenvalue weighted by Gasteiger charge is -2.22. The number of esters is 1. The average molecular weight is 458 g/mol. The van der Waals surface area contributed by atoms with E-state index in [0.29, 0.717) is 17.1 Å². The smallest absolute Gasteiger partial charge is 0.355 e. The number of benzene rings is 2. The fourth-order valence-corrected chi connectivity index (χ4v) is 3.74. The van der Waals surface area contributed by atoms with Gasteiger partial charge in [0.15, 0.2) is 5.71 Å². The van der Waals surface area contributed by atoms with Crippen molar-refractivity contribution >= 4 is 50.8 Å². The quantitative estimate of drug-likeness (QED) is 0.517. The highest BCUT2D eigenvalue weighted by atomic mass is 79.9. The second-order valence-corrected chi connectivity index (χ2v) is 7.35. The Labute approximate surface area is 174 Å². The first kappa shape index (κ1) is 19.1. The fraction of sp³-hybridized carbons (Fsp3) is 0.200. The maximum atomic E-state index is 13.2. The van der Waals surface area contributed by atoms with E-state index in [1.54, 1.807) is 55.6 Å². The molecule has 8 nitrogen and oxygen atoms in total. The standard InChI is InChI=1S/C20H16BrN3O5/c1-28-14-9-7-13(8-10-14)24-17-15(16(22-24)20(27)29-2)18(25)23(19(17)26)12-5-3-11(21)4-6-12/h3-10,15,17H,1-2H3/t15-,17-/m1/s1. The number of hydrazone groups is 1. The van der Waals surface area contributed by atoms with Crippen LogP contribution < -0.4 is 14.6 Å². The van der Waals surface area contributed by atoms with Gasteiger partial charge in [-0.3, -0.25) is 14.6 Å². The van der Waals surface area contributed by atoms with Gasteiger partial charge in [-0.05, 0) is 48.5 Å². The van der Waals surface area contributed by atoms with Crippen LogP contribution >= 0.6 is 15.9 Å². The number of ether oxygens (including phenoxy) is 2. The van der Waals surface area contributed by atoms with Gasteiger partial charge in [-0.15, -0.1) is 0 Å². The number of methoxy groups -OCH3 is 2. The molecular formula is C20H16BrN3O5. The molecule has 2 aromatic rings. The lowest BCUT2D eigenvalue weighted by atomic mass is 9.98. The van der Waals surface area contributed by atoms with Gasteiger partial charge in [0, 0.05) is 4.47 Å². The van der Waals surface area contributed by atoms with Crippen LogP contribution in [0, 0.1) is 5.92 Å². The zero-order chi connectivity index (χ0) is 20.7. The third kappa shape index (κ3) is 3.07. The third-order valence-electron chi connectivity index (χ3n) is 4.87. The Morgan fingerprint density at radius 1 is 0.966 bits per heavy atom. The molecule has 1 fully saturated rings. The van der Waals surface area contributed by atoms with Crippen molar-refractivity contribution in [3.05, 3.63) is 53.0 Å². The molecule has 0 radical (unpaired) electrons. The molecule has 0 spiro atoms. The maximum Gasteiger partial charge on any atom is 0.355 e. The molecule has 4 rings (SSSR count). The Kier molecular flexibility index (Phi) is 4.83. The second-order valence-electron chi connectivity index (χ2n) is 6.43. The molecule has 9 heteroatoms. The first-order valence-corrected chi connectivity index (χ1v) is 9.49. The van der Waals surface area contributed by atoms with Gasteiger partial charge in [-0.2, -0.15) is 5.10 Å². The Balaban J connectivity index is 1.77. The number of imide groups is 1. The van der Waals surface area contributed by atoms with Gasteiger partial charge < -0.3 is 9.47 Å². The Bertz CT molecular complexity index is 1020. The van der Waals surface area contributed by atoms with Gasteiger partial charge in [-0.25, -0.2) is 9.69 Å². The topological polar surface area (TPSA) is 88.5 Å². The summed E-state index contributed by atoms with van der Waals surface area (Å²) in [5, 5.41) is 5.67. The number of hydrogen-bond donors (Lipinski definition) is 0. The van der Waals surface area contributed by atoms with E-state index in [0.717, 1.165) is 9.37 Å². The van der Waals surface area contributed by atoms with Crippen LogP contribution in [0.3, 0.4) is 0 Å². The summed E-state index contributed by atoms with van der Waals surface area (Å²) in [5.41, 5.74) is 0.890. The van der Waals surface area contributed by atoms with Crippen LogP contribution in [0.2, 0.25) is 0 Å². The average Bonchev–Trinajstić information content (AvgIpc) is 3.25. The van der Waals surface area contributed by atoms with E-state index in [-0.39, 0.29) is 5.71 Å². The minimum atomic E-state index is -1.04. The predicted molar refractivity (Wildman–Crippen MR) is 109 cm³/mol. The van der Waals surface area contributed by atoms with E-state index in [1.807, 2.05) is 0 Å². The molecule has 0 unspecified atom stereocenters. The molecule has 2 aliphatic heterocycles. The van der Waals surface area contributed by atoms with Gasteiger partial charge in [0.1, 0.15) is 17.7 Å². The predicted octanol–water partition coefficient (Wildman–Crippen LogP) is 2.36. The summed E-state index contributed by atoms with van der Waals surface area (Å²) in [6.07, 6.45) is 0. The molecule has 148 valence electrons. The number of hydrogen-bond acceptors (Lipinski definition) is 7. The van der Waals surface area contributed by atoms with Crippen molar-refractivity contribution in [3.8, 4) is 5.75 Å². The van der Waals surface area contributed by atoms with Crippen molar-refractivity contribution in [1.82, 2.24) is 0 Å². The number of carbonyl (C=O) groups excluding carboxylic acids is 3. The SMILES string of the molecule is COC(=O)C1=NN(c2ccc(OC)cc2)[C@H]2C(=O)N(c3ccc(Br)cc3)C(=O)[C@H]12. The highest BCUT2D eigenvalue weighted by Gasteiger charge is 2.59. The van der Waals surface area contributed by atoms with Crippen LogP contribution in [0.1, 0.15) is 0 Å². The number of anilines is 2. The molecule has 0 N–H and O–H groups in total. The van der Waals surface area contributed by atoms with Crippen LogP contribution in [-0.2, 0) is 19.1 Å². The van der Waals surface area contributed by atoms with Gasteiger partial charge in [-0.1, -0.05) is 15.9 Å². The zero-order valence-corrected chi connectivity index (χ0v) is 17.1. The molecule has 2 aliphatic rings. The summed E-state index contributed by atoms with van der Waals surface area (Å²) in [7, 11) is 2.76. The second kappa shape index (κ2) is 7.32. The van der Waals surface area contributed by atoms with E-state index >= 15 is 0 Å². The van der Waals surface area contributed by atoms with Crippen LogP contribution in [0.25, 0.3) is 0 Å². The van der Waals surface area contributed by atoms with Crippen LogP contribution in [0.4, 0.5) is 11.4 Å². The number of amides is 2. The molecule has 2 atom stereocenters. The number of fused-ring (bicyclic) bond motifs is 1. The Hall–Kier alpha value is -3.20. The summed E-state index contributed by atoms with van der Waals surface area (Å²) in [5.74, 6) is -2.12. The molecular weight excluding hydrogens is 442 g/mol. The molecule has 0 aliphatic carbocycles. The van der Waals surface area contributed by atoms with E-state index < -0.39 is 29.7 Å². The van der Waals surface area contributed by atoms with E-state index in [9.17, 15) is 14.4 Å². The molecule has 2 heterocycles. The van der Waals surface area contributed by atoms with Crippen LogP contribution in [-0.4, -0.2) is 43.8 Å². The summed E-state index contributed by atoms with van der Waals surface area (Å²) >= 11 is 3.34. The van der Waals surface area contributed by atoms with E-state index in [4.69, 9.17) is 9.47 Å². The fourth-order valence-electron chi connectivity index (χ4n) is 3.48. The molecule has 29 heavy (non-hydrogen) atoms. The summed E-state index contributed by atoms with van der Waals surface area (Å²) in [6.45, 7) is 0. The van der Waals surface area contributed by atoms with Crippen molar-refractivity contribution in [1.29, 1.82) is 0 Å². The molecule has 1 saturated heterocycles. The zero-order valence-electron chi connectivity index (χ0n) is 15.5. The molecule has 2 amide bonds. The maximum absolute atomic E-state index is 13.2. The van der Waals surface area contributed by atoms with Crippen molar-refractivity contribution in [2.24, 2.45) is 11.0 Å². The van der Waals surface area contributed by atoms with Crippen molar-refractivity contribution < 1.29 is 23.9 Å². The van der Waals surface area contributed by atoms with E-state index in [2.05, 4.69) is 21.0 Å². The number of carbonyl (C=O) groups is 3. The van der Waals surface area contributed by atoms with Crippen molar-refractivity contribution in [3.63, 3.8) is 0 Å². The number of rotatable bonds is 4. The number of halogens is 1.